The van der Waals surface area contributed by atoms with E-state index in [4.69, 9.17) is 5.11 Å². The van der Waals surface area contributed by atoms with Crippen molar-refractivity contribution in [2.24, 2.45) is 0 Å². The van der Waals surface area contributed by atoms with Gasteiger partial charge in [-0.1, -0.05) is 24.3 Å². The maximum Gasteiger partial charge on any atom is 0.203 e. The lowest BCUT2D eigenvalue weighted by atomic mass is 10.1. The predicted octanol–water partition coefficient (Wildman–Crippen LogP) is 1.23. The van der Waals surface area contributed by atoms with Gasteiger partial charge in [0.25, 0.3) is 0 Å². The van der Waals surface area contributed by atoms with Crippen molar-refractivity contribution in [2.75, 3.05) is 5.32 Å². The van der Waals surface area contributed by atoms with Crippen molar-refractivity contribution in [1.82, 2.24) is 19.6 Å². The number of fused-ring (bicyclic) bond motifs is 1. The van der Waals surface area contributed by atoms with Crippen molar-refractivity contribution >= 4 is 11.5 Å². The van der Waals surface area contributed by atoms with E-state index >= 15 is 0 Å². The standard InChI is InChI=1S/C13H13N5O/c19-8-11-3-1-10(2-4-11)7-15-12-13-17-16-9-18(13)6-5-14-12/h1-6,9,19H,7-8H2,(H,14,15). The SMILES string of the molecule is OCc1ccc(CNc2nccn3cnnc23)cc1. The Morgan fingerprint density at radius 1 is 1.16 bits per heavy atom. The molecular formula is C13H13N5O. The van der Waals surface area contributed by atoms with Crippen LogP contribution in [0.5, 0.6) is 0 Å². The highest BCUT2D eigenvalue weighted by atomic mass is 16.3. The highest BCUT2D eigenvalue weighted by molar-refractivity contribution is 5.61. The zero-order valence-electron chi connectivity index (χ0n) is 10.2. The Hall–Kier alpha value is -2.47. The summed E-state index contributed by atoms with van der Waals surface area (Å²) >= 11 is 0. The van der Waals surface area contributed by atoms with Gasteiger partial charge in [-0.15, -0.1) is 10.2 Å². The first-order valence-corrected chi connectivity index (χ1v) is 5.94. The molecule has 0 aliphatic rings. The molecule has 0 saturated carbocycles. The van der Waals surface area contributed by atoms with Crippen LogP contribution in [-0.2, 0) is 13.2 Å². The molecule has 19 heavy (non-hydrogen) atoms. The normalized spacial score (nSPS) is 10.8. The number of anilines is 1. The van der Waals surface area contributed by atoms with Gasteiger partial charge in [-0.05, 0) is 11.1 Å². The van der Waals surface area contributed by atoms with Crippen molar-refractivity contribution in [3.8, 4) is 0 Å². The number of benzene rings is 1. The Morgan fingerprint density at radius 2 is 1.95 bits per heavy atom. The molecule has 1 aromatic carbocycles. The second kappa shape index (κ2) is 5.03. The van der Waals surface area contributed by atoms with Gasteiger partial charge in [0, 0.05) is 18.9 Å². The van der Waals surface area contributed by atoms with Crippen molar-refractivity contribution in [3.05, 3.63) is 54.1 Å². The molecule has 6 nitrogen and oxygen atoms in total. The lowest BCUT2D eigenvalue weighted by Crippen LogP contribution is -2.03. The Balaban J connectivity index is 1.76. The molecule has 3 rings (SSSR count). The first-order valence-electron chi connectivity index (χ1n) is 5.94. The monoisotopic (exact) mass is 255 g/mol. The first kappa shape index (κ1) is 11.6. The molecular weight excluding hydrogens is 242 g/mol. The molecule has 0 saturated heterocycles. The van der Waals surface area contributed by atoms with Gasteiger partial charge in [0.1, 0.15) is 6.33 Å². The third-order valence-electron chi connectivity index (χ3n) is 2.88. The van der Waals surface area contributed by atoms with Crippen molar-refractivity contribution in [1.29, 1.82) is 0 Å². The van der Waals surface area contributed by atoms with Crippen LogP contribution in [0.1, 0.15) is 11.1 Å². The summed E-state index contributed by atoms with van der Waals surface area (Å²) in [6, 6.07) is 7.76. The number of hydrogen-bond donors (Lipinski definition) is 2. The van der Waals surface area contributed by atoms with E-state index in [1.54, 1.807) is 18.7 Å². The number of hydrogen-bond acceptors (Lipinski definition) is 5. The summed E-state index contributed by atoms with van der Waals surface area (Å²) in [6.07, 6.45) is 5.14. The van der Waals surface area contributed by atoms with Gasteiger partial charge in [0.2, 0.25) is 5.65 Å². The molecule has 2 N–H and O–H groups in total. The van der Waals surface area contributed by atoms with Gasteiger partial charge in [0.15, 0.2) is 5.82 Å². The molecule has 96 valence electrons. The van der Waals surface area contributed by atoms with E-state index in [1.165, 1.54) is 0 Å². The zero-order valence-corrected chi connectivity index (χ0v) is 10.2. The molecule has 0 aliphatic carbocycles. The Morgan fingerprint density at radius 3 is 2.74 bits per heavy atom. The van der Waals surface area contributed by atoms with Crippen molar-refractivity contribution < 1.29 is 5.11 Å². The Kier molecular flexibility index (Phi) is 3.07. The average molecular weight is 255 g/mol. The maximum atomic E-state index is 8.99. The third-order valence-corrected chi connectivity index (χ3v) is 2.88. The second-order valence-corrected chi connectivity index (χ2v) is 4.17. The van der Waals surface area contributed by atoms with Gasteiger partial charge in [-0.3, -0.25) is 4.40 Å². The number of aromatic nitrogens is 4. The van der Waals surface area contributed by atoms with E-state index in [9.17, 15) is 0 Å². The molecule has 0 amide bonds. The van der Waals surface area contributed by atoms with Crippen LogP contribution >= 0.6 is 0 Å². The van der Waals surface area contributed by atoms with Crippen LogP contribution in [0.2, 0.25) is 0 Å². The minimum absolute atomic E-state index is 0.0638. The lowest BCUT2D eigenvalue weighted by Gasteiger charge is -2.06. The van der Waals surface area contributed by atoms with Gasteiger partial charge in [-0.25, -0.2) is 4.98 Å². The summed E-state index contributed by atoms with van der Waals surface area (Å²) in [5.74, 6) is 0.700. The molecule has 0 spiro atoms. The number of nitrogens with zero attached hydrogens (tertiary/aromatic N) is 4. The average Bonchev–Trinajstić information content (AvgIpc) is 2.94. The van der Waals surface area contributed by atoms with Crippen molar-refractivity contribution in [3.63, 3.8) is 0 Å². The number of aliphatic hydroxyl groups excluding tert-OH is 1. The smallest absolute Gasteiger partial charge is 0.203 e. The second-order valence-electron chi connectivity index (χ2n) is 4.17. The summed E-state index contributed by atoms with van der Waals surface area (Å²) in [7, 11) is 0. The highest BCUT2D eigenvalue weighted by Gasteiger charge is 2.04. The van der Waals surface area contributed by atoms with Crippen LogP contribution in [0.25, 0.3) is 5.65 Å². The zero-order chi connectivity index (χ0) is 13.1. The van der Waals surface area contributed by atoms with E-state index < -0.39 is 0 Å². The first-order chi connectivity index (χ1) is 9.36. The Labute approximate surface area is 109 Å². The van der Waals surface area contributed by atoms with E-state index in [2.05, 4.69) is 20.5 Å². The highest BCUT2D eigenvalue weighted by Crippen LogP contribution is 2.12. The molecule has 0 bridgehead atoms. The molecule has 2 aromatic heterocycles. The van der Waals surface area contributed by atoms with E-state index in [0.29, 0.717) is 18.0 Å². The lowest BCUT2D eigenvalue weighted by molar-refractivity contribution is 0.282. The van der Waals surface area contributed by atoms with E-state index in [0.717, 1.165) is 11.1 Å². The Bertz CT molecular complexity index is 677. The fraction of sp³-hybridized carbons (Fsp3) is 0.154. The number of aliphatic hydroxyl groups is 1. The van der Waals surface area contributed by atoms with Gasteiger partial charge in [0.05, 0.1) is 6.61 Å². The molecule has 0 unspecified atom stereocenters. The number of rotatable bonds is 4. The van der Waals surface area contributed by atoms with Crippen LogP contribution in [0, 0.1) is 0 Å². The topological polar surface area (TPSA) is 75.3 Å². The summed E-state index contributed by atoms with van der Waals surface area (Å²) < 4.78 is 1.81. The maximum absolute atomic E-state index is 8.99. The van der Waals surface area contributed by atoms with Gasteiger partial charge in [-0.2, -0.15) is 0 Å². The molecule has 3 aromatic rings. The van der Waals surface area contributed by atoms with E-state index in [-0.39, 0.29) is 6.61 Å². The fourth-order valence-corrected chi connectivity index (χ4v) is 1.83. The molecule has 0 fully saturated rings. The van der Waals surface area contributed by atoms with Crippen LogP contribution < -0.4 is 5.32 Å². The predicted molar refractivity (Wildman–Crippen MR) is 70.5 cm³/mol. The van der Waals surface area contributed by atoms with Crippen molar-refractivity contribution in [2.45, 2.75) is 13.2 Å². The molecule has 6 heteroatoms. The van der Waals surface area contributed by atoms with Gasteiger partial charge < -0.3 is 10.4 Å². The largest absolute Gasteiger partial charge is 0.392 e. The summed E-state index contributed by atoms with van der Waals surface area (Å²) in [5.41, 5.74) is 2.72. The minimum atomic E-state index is 0.0638. The minimum Gasteiger partial charge on any atom is -0.392 e. The van der Waals surface area contributed by atoms with Crippen LogP contribution in [-0.4, -0.2) is 24.7 Å². The quantitative estimate of drug-likeness (QED) is 0.733. The molecule has 0 radical (unpaired) electrons. The third kappa shape index (κ3) is 2.38. The summed E-state index contributed by atoms with van der Waals surface area (Å²) in [4.78, 5) is 4.25. The van der Waals surface area contributed by atoms with Gasteiger partial charge >= 0.3 is 0 Å². The fourth-order valence-electron chi connectivity index (χ4n) is 1.83. The molecule has 2 heterocycles. The summed E-state index contributed by atoms with van der Waals surface area (Å²) in [6.45, 7) is 0.708. The number of nitrogens with one attached hydrogen (secondary N) is 1. The molecule has 0 atom stereocenters. The summed E-state index contributed by atoms with van der Waals surface area (Å²) in [5, 5.41) is 20.1. The van der Waals surface area contributed by atoms with Crippen LogP contribution in [0.4, 0.5) is 5.82 Å². The molecule has 0 aliphatic heterocycles. The van der Waals surface area contributed by atoms with E-state index in [1.807, 2.05) is 28.7 Å². The van der Waals surface area contributed by atoms with Crippen LogP contribution in [0.3, 0.4) is 0 Å². The van der Waals surface area contributed by atoms with Crippen LogP contribution in [0.15, 0.2) is 43.0 Å².